The lowest BCUT2D eigenvalue weighted by Gasteiger charge is -2.32. The predicted octanol–water partition coefficient (Wildman–Crippen LogP) is 9.99. The van der Waals surface area contributed by atoms with Gasteiger partial charge in [-0.2, -0.15) is 0 Å². The van der Waals surface area contributed by atoms with E-state index in [1.807, 2.05) is 83.1 Å². The summed E-state index contributed by atoms with van der Waals surface area (Å²) in [6, 6.07) is 34.5. The normalized spacial score (nSPS) is 16.0. The second-order valence-electron chi connectivity index (χ2n) is 21.2. The fourth-order valence-electron chi connectivity index (χ4n) is 10.9. The van der Waals surface area contributed by atoms with Gasteiger partial charge in [-0.15, -0.1) is 0 Å². The SMILES string of the molecule is COc1ccc(C2CCN(C(=O)c3ccc(C)c(NC(=O)c4ccc(N5CCCOCC5)nc4)c3)CC2)cc1.COc1ccc(C2CCN(C(=O)c3ccc(C)c(NC(=O)c4ccc(NCCCN5CCCC5=O)nc4)c3)CC2)cc1. The molecule has 4 aliphatic rings. The summed E-state index contributed by atoms with van der Waals surface area (Å²) in [5, 5.41) is 9.18. The van der Waals surface area contributed by atoms with Crippen molar-refractivity contribution in [3.63, 3.8) is 0 Å². The molecule has 17 nitrogen and oxygen atoms in total. The molecule has 0 spiro atoms. The van der Waals surface area contributed by atoms with Gasteiger partial charge in [0.25, 0.3) is 23.6 Å². The third-order valence-corrected chi connectivity index (χ3v) is 15.9. The van der Waals surface area contributed by atoms with Crippen molar-refractivity contribution in [2.45, 2.75) is 77.0 Å². The molecule has 424 valence electrons. The topological polar surface area (TPSA) is 188 Å². The van der Waals surface area contributed by atoms with Gasteiger partial charge in [-0.05, 0) is 166 Å². The quantitative estimate of drug-likeness (QED) is 0.0780. The van der Waals surface area contributed by atoms with Gasteiger partial charge in [0.1, 0.15) is 23.1 Å². The molecule has 4 saturated heterocycles. The van der Waals surface area contributed by atoms with E-state index in [9.17, 15) is 24.0 Å². The zero-order valence-electron chi connectivity index (χ0n) is 47.1. The maximum Gasteiger partial charge on any atom is 0.257 e. The minimum atomic E-state index is -0.283. The van der Waals surface area contributed by atoms with E-state index in [0.29, 0.717) is 97.0 Å². The lowest BCUT2D eigenvalue weighted by atomic mass is 9.89. The first-order chi connectivity index (χ1) is 39.4. The molecular formula is C64H75N9O8. The number of hydrogen-bond donors (Lipinski definition) is 3. The molecule has 17 heteroatoms. The van der Waals surface area contributed by atoms with Gasteiger partial charge in [-0.25, -0.2) is 9.97 Å². The summed E-state index contributed by atoms with van der Waals surface area (Å²) >= 11 is 0. The fourth-order valence-corrected chi connectivity index (χ4v) is 10.9. The van der Waals surface area contributed by atoms with Crippen LogP contribution in [0.25, 0.3) is 0 Å². The van der Waals surface area contributed by atoms with Crippen LogP contribution in [0.2, 0.25) is 0 Å². The van der Waals surface area contributed by atoms with Crippen molar-refractivity contribution in [3.8, 4) is 11.5 Å². The summed E-state index contributed by atoms with van der Waals surface area (Å²) in [7, 11) is 3.33. The van der Waals surface area contributed by atoms with Crippen molar-refractivity contribution in [3.05, 3.63) is 166 Å². The second-order valence-corrected chi connectivity index (χ2v) is 21.2. The molecular weight excluding hydrogens is 1020 g/mol. The van der Waals surface area contributed by atoms with Crippen molar-refractivity contribution in [1.82, 2.24) is 24.7 Å². The highest BCUT2D eigenvalue weighted by Crippen LogP contribution is 2.32. The van der Waals surface area contributed by atoms with Gasteiger partial charge in [0, 0.05) is 107 Å². The number of carbonyl (C=O) groups is 5. The number of hydrogen-bond acceptors (Lipinski definition) is 12. The molecule has 2 aromatic heterocycles. The third-order valence-electron chi connectivity index (χ3n) is 15.9. The van der Waals surface area contributed by atoms with Gasteiger partial charge < -0.3 is 49.8 Å². The van der Waals surface area contributed by atoms with E-state index in [4.69, 9.17) is 14.2 Å². The van der Waals surface area contributed by atoms with Crippen LogP contribution in [0.1, 0.15) is 127 Å². The van der Waals surface area contributed by atoms with Crippen LogP contribution < -0.4 is 30.3 Å². The Morgan fingerprint density at radius 1 is 0.580 bits per heavy atom. The smallest absolute Gasteiger partial charge is 0.257 e. The lowest BCUT2D eigenvalue weighted by Crippen LogP contribution is -2.38. The van der Waals surface area contributed by atoms with Crippen LogP contribution in [0, 0.1) is 13.8 Å². The highest BCUT2D eigenvalue weighted by molar-refractivity contribution is 6.06. The Bertz CT molecular complexity index is 3090. The number of aryl methyl sites for hydroxylation is 2. The third kappa shape index (κ3) is 15.1. The van der Waals surface area contributed by atoms with Gasteiger partial charge in [0.2, 0.25) is 5.91 Å². The van der Waals surface area contributed by atoms with E-state index in [1.54, 1.807) is 56.9 Å². The van der Waals surface area contributed by atoms with Gasteiger partial charge in [0.15, 0.2) is 0 Å². The van der Waals surface area contributed by atoms with E-state index in [2.05, 4.69) is 55.1 Å². The number of nitrogens with one attached hydrogen (secondary N) is 3. The molecule has 5 amide bonds. The molecule has 4 fully saturated rings. The predicted molar refractivity (Wildman–Crippen MR) is 315 cm³/mol. The minimum Gasteiger partial charge on any atom is -0.497 e. The van der Waals surface area contributed by atoms with E-state index < -0.39 is 0 Å². The zero-order valence-corrected chi connectivity index (χ0v) is 47.1. The number of piperidine rings is 2. The molecule has 0 aliphatic carbocycles. The Morgan fingerprint density at radius 2 is 1.10 bits per heavy atom. The maximum atomic E-state index is 13.3. The molecule has 0 atom stereocenters. The lowest BCUT2D eigenvalue weighted by molar-refractivity contribution is -0.127. The molecule has 4 aromatic carbocycles. The Balaban J connectivity index is 0.000000196. The van der Waals surface area contributed by atoms with Gasteiger partial charge in [-0.3, -0.25) is 24.0 Å². The van der Waals surface area contributed by atoms with Gasteiger partial charge >= 0.3 is 0 Å². The molecule has 81 heavy (non-hydrogen) atoms. The monoisotopic (exact) mass is 1100 g/mol. The zero-order chi connectivity index (χ0) is 56.7. The standard InChI is InChI=1S/C33H39N5O4.C31H36N4O4/c1-23-6-7-26(33(41)38-19-14-25(15-20-38)24-8-11-28(42-2)12-9-24)21-29(23)36-32(40)27-10-13-30(35-22-27)34-16-4-18-37-17-3-5-31(37)39;1-22-4-5-25(31(37)35-15-12-24(13-16-35)23-6-9-27(38-2)10-7-23)20-28(22)33-30(36)26-8-11-29(32-21-26)34-14-3-18-39-19-17-34/h6-13,21-22,25H,3-5,14-20H2,1-2H3,(H,34,35)(H,36,40);4-11,20-21,24H,3,12-19H2,1-2H3,(H,33,36). The van der Waals surface area contributed by atoms with Crippen molar-refractivity contribution in [1.29, 1.82) is 0 Å². The number of pyridine rings is 2. The first kappa shape index (κ1) is 57.4. The number of aromatic nitrogens is 2. The number of anilines is 4. The number of benzene rings is 4. The molecule has 0 unspecified atom stereocenters. The Morgan fingerprint density at radius 3 is 1.57 bits per heavy atom. The van der Waals surface area contributed by atoms with Crippen LogP contribution in [0.3, 0.4) is 0 Å². The van der Waals surface area contributed by atoms with Gasteiger partial charge in [-0.1, -0.05) is 36.4 Å². The number of carbonyl (C=O) groups excluding carboxylic acids is 5. The van der Waals surface area contributed by atoms with Crippen molar-refractivity contribution < 1.29 is 38.2 Å². The highest BCUT2D eigenvalue weighted by atomic mass is 16.5. The molecule has 6 aromatic rings. The van der Waals surface area contributed by atoms with Crippen LogP contribution >= 0.6 is 0 Å². The molecule has 0 bridgehead atoms. The van der Waals surface area contributed by atoms with E-state index in [1.165, 1.54) is 11.1 Å². The Kier molecular flexibility index (Phi) is 19.6. The number of rotatable bonds is 16. The Labute approximate surface area is 475 Å². The largest absolute Gasteiger partial charge is 0.497 e. The van der Waals surface area contributed by atoms with E-state index in [0.717, 1.165) is 106 Å². The number of nitrogens with zero attached hydrogens (tertiary/aromatic N) is 6. The van der Waals surface area contributed by atoms with Crippen LogP contribution in [0.15, 0.2) is 122 Å². The number of amides is 5. The van der Waals surface area contributed by atoms with Crippen molar-refractivity contribution in [2.24, 2.45) is 0 Å². The summed E-state index contributed by atoms with van der Waals surface area (Å²) in [4.78, 5) is 81.2. The summed E-state index contributed by atoms with van der Waals surface area (Å²) in [5.41, 5.74) is 7.62. The van der Waals surface area contributed by atoms with E-state index >= 15 is 0 Å². The molecule has 3 N–H and O–H groups in total. The summed E-state index contributed by atoms with van der Waals surface area (Å²) in [6.45, 7) is 12.0. The van der Waals surface area contributed by atoms with Crippen LogP contribution in [0.5, 0.6) is 11.5 Å². The summed E-state index contributed by atoms with van der Waals surface area (Å²) < 4.78 is 16.0. The second kappa shape index (κ2) is 27.7. The molecule has 0 saturated carbocycles. The summed E-state index contributed by atoms with van der Waals surface area (Å²) in [5.74, 6) is 3.74. The maximum absolute atomic E-state index is 13.3. The van der Waals surface area contributed by atoms with Crippen molar-refractivity contribution >= 4 is 52.5 Å². The first-order valence-electron chi connectivity index (χ1n) is 28.4. The molecule has 4 aliphatic heterocycles. The number of likely N-dealkylation sites (tertiary alicyclic amines) is 3. The molecule has 10 rings (SSSR count). The van der Waals surface area contributed by atoms with Crippen LogP contribution in [-0.2, 0) is 9.53 Å². The highest BCUT2D eigenvalue weighted by Gasteiger charge is 2.28. The number of ether oxygens (including phenoxy) is 3. The summed E-state index contributed by atoms with van der Waals surface area (Å²) in [6.07, 6.45) is 10.2. The average molecular weight is 1100 g/mol. The Hall–Kier alpha value is -8.31. The van der Waals surface area contributed by atoms with Crippen LogP contribution in [-0.4, -0.2) is 141 Å². The fraction of sp³-hybridized carbons (Fsp3) is 0.391. The number of methoxy groups -OCH3 is 2. The first-order valence-corrected chi connectivity index (χ1v) is 28.4. The van der Waals surface area contributed by atoms with Crippen LogP contribution in [0.4, 0.5) is 23.0 Å². The van der Waals surface area contributed by atoms with E-state index in [-0.39, 0.29) is 29.5 Å². The molecule has 6 heterocycles. The molecule has 0 radical (unpaired) electrons. The van der Waals surface area contributed by atoms with Gasteiger partial charge in [0.05, 0.1) is 32.0 Å². The van der Waals surface area contributed by atoms with Crippen molar-refractivity contribution in [2.75, 3.05) is 107 Å². The minimum absolute atomic E-state index is 0.00821. The average Bonchev–Trinajstić information content (AvgIpc) is 3.73.